The Morgan fingerprint density at radius 1 is 0.818 bits per heavy atom. The molecule has 0 aromatic heterocycles. The Kier molecular flexibility index (Phi) is 12.6. The topological polar surface area (TPSA) is 185 Å². The molecule has 0 aromatic rings. The van der Waals surface area contributed by atoms with Gasteiger partial charge in [-0.3, -0.25) is 19.2 Å². The smallest absolute Gasteiger partial charge is 0.320 e. The first-order valence-corrected chi connectivity index (χ1v) is 6.52. The zero-order valence-corrected chi connectivity index (χ0v) is 12.7. The number of likely N-dealkylation sites (N-methyl/N-ethyl adjacent to an activating group) is 2. The highest BCUT2D eigenvalue weighted by molar-refractivity contribution is 5.77. The van der Waals surface area contributed by atoms with Crippen LogP contribution < -0.4 is 22.1 Å². The Morgan fingerprint density at radius 3 is 1.23 bits per heavy atom. The van der Waals surface area contributed by atoms with Gasteiger partial charge in [0, 0.05) is 12.8 Å². The van der Waals surface area contributed by atoms with E-state index in [0.717, 1.165) is 0 Å². The molecule has 0 aliphatic carbocycles. The van der Waals surface area contributed by atoms with Gasteiger partial charge in [0.1, 0.15) is 12.1 Å². The first kappa shape index (κ1) is 22.1. The van der Waals surface area contributed by atoms with Crippen LogP contribution in [-0.2, 0) is 19.2 Å². The molecule has 2 amide bonds. The average molecular weight is 320 g/mol. The number of aliphatic carboxylic acids is 2. The van der Waals surface area contributed by atoms with Gasteiger partial charge in [0.2, 0.25) is 11.8 Å². The van der Waals surface area contributed by atoms with Crippen molar-refractivity contribution in [2.45, 2.75) is 37.8 Å². The van der Waals surface area contributed by atoms with Crippen molar-refractivity contribution >= 4 is 23.8 Å². The van der Waals surface area contributed by atoms with Gasteiger partial charge in [-0.15, -0.1) is 0 Å². The fourth-order valence-corrected chi connectivity index (χ4v) is 1.36. The van der Waals surface area contributed by atoms with Crippen molar-refractivity contribution in [3.63, 3.8) is 0 Å². The third-order valence-corrected chi connectivity index (χ3v) is 2.65. The molecule has 128 valence electrons. The fourth-order valence-electron chi connectivity index (χ4n) is 1.36. The third kappa shape index (κ3) is 12.8. The van der Waals surface area contributed by atoms with Crippen LogP contribution in [0.3, 0.4) is 0 Å². The Morgan fingerprint density at radius 2 is 1.09 bits per heavy atom. The van der Waals surface area contributed by atoms with Crippen LogP contribution in [0.1, 0.15) is 25.7 Å². The van der Waals surface area contributed by atoms with E-state index in [4.69, 9.17) is 21.7 Å². The molecular formula is C12H24N4O6. The first-order valence-electron chi connectivity index (χ1n) is 6.52. The Balaban J connectivity index is 0. The summed E-state index contributed by atoms with van der Waals surface area (Å²) >= 11 is 0. The zero-order chi connectivity index (χ0) is 17.7. The van der Waals surface area contributed by atoms with Crippen LogP contribution in [0, 0.1) is 0 Å². The molecule has 22 heavy (non-hydrogen) atoms. The largest absolute Gasteiger partial charge is 0.480 e. The molecule has 0 unspecified atom stereocenters. The molecule has 0 spiro atoms. The van der Waals surface area contributed by atoms with Crippen LogP contribution in [0.2, 0.25) is 0 Å². The Bertz CT molecular complexity index is 352. The van der Waals surface area contributed by atoms with Crippen molar-refractivity contribution in [1.82, 2.24) is 10.6 Å². The quantitative estimate of drug-likeness (QED) is 0.263. The number of rotatable bonds is 10. The van der Waals surface area contributed by atoms with E-state index < -0.39 is 35.8 Å². The SMILES string of the molecule is CN[C@@H](CCC(N)=O)C(=O)O.CN[C@@H](CCC(N)=O)C(=O)O. The Hall–Kier alpha value is -2.20. The highest BCUT2D eigenvalue weighted by Gasteiger charge is 2.15. The summed E-state index contributed by atoms with van der Waals surface area (Å²) in [4.78, 5) is 41.1. The second-order valence-corrected chi connectivity index (χ2v) is 4.37. The van der Waals surface area contributed by atoms with Gasteiger partial charge in [0.05, 0.1) is 0 Å². The fraction of sp³-hybridized carbons (Fsp3) is 0.667. The summed E-state index contributed by atoms with van der Waals surface area (Å²) in [6.07, 6.45) is 0.665. The number of nitrogens with one attached hydrogen (secondary N) is 2. The van der Waals surface area contributed by atoms with Crippen molar-refractivity contribution in [1.29, 1.82) is 0 Å². The van der Waals surface area contributed by atoms with Crippen molar-refractivity contribution in [3.05, 3.63) is 0 Å². The van der Waals surface area contributed by atoms with Crippen LogP contribution in [0.25, 0.3) is 0 Å². The molecule has 0 aliphatic heterocycles. The summed E-state index contributed by atoms with van der Waals surface area (Å²) in [6.45, 7) is 0. The van der Waals surface area contributed by atoms with Gasteiger partial charge >= 0.3 is 11.9 Å². The van der Waals surface area contributed by atoms with Crippen molar-refractivity contribution in [2.24, 2.45) is 11.5 Å². The van der Waals surface area contributed by atoms with E-state index in [1.165, 1.54) is 14.1 Å². The monoisotopic (exact) mass is 320 g/mol. The number of primary amides is 2. The molecule has 0 bridgehead atoms. The van der Waals surface area contributed by atoms with E-state index in [0.29, 0.717) is 0 Å². The zero-order valence-electron chi connectivity index (χ0n) is 12.7. The van der Waals surface area contributed by atoms with Crippen molar-refractivity contribution in [3.8, 4) is 0 Å². The summed E-state index contributed by atoms with van der Waals surface area (Å²) in [5, 5.41) is 22.0. The number of nitrogens with two attached hydrogens (primary N) is 2. The lowest BCUT2D eigenvalue weighted by molar-refractivity contribution is -0.140. The number of hydrogen-bond donors (Lipinski definition) is 6. The van der Waals surface area contributed by atoms with Crippen LogP contribution in [-0.4, -0.2) is 60.1 Å². The lowest BCUT2D eigenvalue weighted by Crippen LogP contribution is -2.34. The maximum absolute atomic E-state index is 10.3. The minimum atomic E-state index is -0.964. The predicted octanol–water partition coefficient (Wildman–Crippen LogP) is -2.15. The normalized spacial score (nSPS) is 12.5. The van der Waals surface area contributed by atoms with Crippen molar-refractivity contribution in [2.75, 3.05) is 14.1 Å². The van der Waals surface area contributed by atoms with Gasteiger partial charge in [0.25, 0.3) is 0 Å². The van der Waals surface area contributed by atoms with Gasteiger partial charge in [-0.25, -0.2) is 0 Å². The van der Waals surface area contributed by atoms with E-state index in [2.05, 4.69) is 10.6 Å². The number of carboxylic acid groups (broad SMARTS) is 2. The van der Waals surface area contributed by atoms with Crippen LogP contribution in [0.5, 0.6) is 0 Å². The standard InChI is InChI=1S/2C6H12N2O3/c2*1-8-4(6(10)11)2-3-5(7)9/h2*4,8H,2-3H2,1H3,(H2,7,9)(H,10,11)/t2*4-/m00/s1. The second kappa shape index (κ2) is 12.5. The molecular weight excluding hydrogens is 296 g/mol. The number of carboxylic acids is 2. The molecule has 2 atom stereocenters. The van der Waals surface area contributed by atoms with E-state index in [1.54, 1.807) is 0 Å². The maximum atomic E-state index is 10.3. The highest BCUT2D eigenvalue weighted by atomic mass is 16.4. The molecule has 8 N–H and O–H groups in total. The van der Waals surface area contributed by atoms with Gasteiger partial charge in [-0.2, -0.15) is 0 Å². The van der Waals surface area contributed by atoms with Crippen LogP contribution in [0.15, 0.2) is 0 Å². The number of carbonyl (C=O) groups is 4. The molecule has 0 rings (SSSR count). The van der Waals surface area contributed by atoms with Gasteiger partial charge < -0.3 is 32.3 Å². The average Bonchev–Trinajstić information content (AvgIpc) is 2.39. The summed E-state index contributed by atoms with van der Waals surface area (Å²) in [5.74, 6) is -2.89. The van der Waals surface area contributed by atoms with Crippen molar-refractivity contribution < 1.29 is 29.4 Å². The van der Waals surface area contributed by atoms with Gasteiger partial charge in [0.15, 0.2) is 0 Å². The molecule has 0 heterocycles. The first-order chi connectivity index (χ1) is 10.1. The summed E-state index contributed by atoms with van der Waals surface area (Å²) in [6, 6.07) is -1.36. The Labute approximate surface area is 128 Å². The molecule has 0 saturated carbocycles. The van der Waals surface area contributed by atoms with E-state index in [9.17, 15) is 19.2 Å². The molecule has 10 heteroatoms. The van der Waals surface area contributed by atoms with Crippen LogP contribution in [0.4, 0.5) is 0 Å². The third-order valence-electron chi connectivity index (χ3n) is 2.65. The highest BCUT2D eigenvalue weighted by Crippen LogP contribution is 1.96. The number of hydrogen-bond acceptors (Lipinski definition) is 6. The second-order valence-electron chi connectivity index (χ2n) is 4.37. The van der Waals surface area contributed by atoms with E-state index >= 15 is 0 Å². The molecule has 0 aliphatic rings. The minimum absolute atomic E-state index is 0.0950. The summed E-state index contributed by atoms with van der Waals surface area (Å²) < 4.78 is 0. The minimum Gasteiger partial charge on any atom is -0.480 e. The summed E-state index contributed by atoms with van der Waals surface area (Å²) in [7, 11) is 3.06. The lowest BCUT2D eigenvalue weighted by atomic mass is 10.1. The molecule has 0 fully saturated rings. The van der Waals surface area contributed by atoms with E-state index in [1.807, 2.05) is 0 Å². The molecule has 0 saturated heterocycles. The number of amides is 2. The molecule has 0 radical (unpaired) electrons. The number of carbonyl (C=O) groups excluding carboxylic acids is 2. The van der Waals surface area contributed by atoms with Crippen LogP contribution >= 0.6 is 0 Å². The van der Waals surface area contributed by atoms with Gasteiger partial charge in [-0.1, -0.05) is 0 Å². The molecule has 0 aromatic carbocycles. The predicted molar refractivity (Wildman–Crippen MR) is 77.8 cm³/mol. The van der Waals surface area contributed by atoms with Gasteiger partial charge in [-0.05, 0) is 26.9 Å². The summed E-state index contributed by atoms with van der Waals surface area (Å²) in [5.41, 5.74) is 9.67. The molecule has 10 nitrogen and oxygen atoms in total. The van der Waals surface area contributed by atoms with E-state index in [-0.39, 0.29) is 25.7 Å². The lowest BCUT2D eigenvalue weighted by Gasteiger charge is -2.08. The maximum Gasteiger partial charge on any atom is 0.320 e.